The average Bonchev–Trinajstić information content (AvgIpc) is 3.12. The van der Waals surface area contributed by atoms with Crippen LogP contribution in [0, 0.1) is 11.8 Å². The van der Waals surface area contributed by atoms with Gasteiger partial charge in [-0.3, -0.25) is 4.79 Å². The summed E-state index contributed by atoms with van der Waals surface area (Å²) in [7, 11) is 3.22. The number of aromatic amines is 1. The molecule has 0 saturated carbocycles. The number of hydrogen-bond donors (Lipinski definition) is 2. The number of carbonyl (C=O) groups is 1. The van der Waals surface area contributed by atoms with E-state index in [9.17, 15) is 4.79 Å². The van der Waals surface area contributed by atoms with Crippen molar-refractivity contribution in [3.8, 4) is 11.5 Å². The molecule has 1 aromatic heterocycles. The zero-order valence-electron chi connectivity index (χ0n) is 19.2. The van der Waals surface area contributed by atoms with Crippen LogP contribution in [-0.2, 0) is 0 Å². The lowest BCUT2D eigenvalue weighted by atomic mass is 10.1. The van der Waals surface area contributed by atoms with Crippen molar-refractivity contribution < 1.29 is 14.3 Å². The van der Waals surface area contributed by atoms with Gasteiger partial charge < -0.3 is 24.7 Å². The molecule has 166 valence electrons. The Kier molecular flexibility index (Phi) is 7.05. The van der Waals surface area contributed by atoms with E-state index >= 15 is 0 Å². The summed E-state index contributed by atoms with van der Waals surface area (Å²) in [6.07, 6.45) is 0. The normalized spacial score (nSPS) is 11.2. The summed E-state index contributed by atoms with van der Waals surface area (Å²) in [5, 5.41) is 3.24. The van der Waals surface area contributed by atoms with Crippen LogP contribution in [0.1, 0.15) is 38.1 Å². The van der Waals surface area contributed by atoms with Crippen LogP contribution >= 0.6 is 0 Å². The van der Waals surface area contributed by atoms with Crippen LogP contribution in [0.3, 0.4) is 0 Å². The lowest BCUT2D eigenvalue weighted by Gasteiger charge is -2.26. The molecule has 0 aliphatic carbocycles. The maximum absolute atomic E-state index is 13.1. The van der Waals surface area contributed by atoms with Crippen molar-refractivity contribution >= 4 is 28.6 Å². The Morgan fingerprint density at radius 2 is 1.61 bits per heavy atom. The van der Waals surface area contributed by atoms with Gasteiger partial charge in [0.15, 0.2) is 0 Å². The Hall–Kier alpha value is -3.22. The second-order valence-electron chi connectivity index (χ2n) is 8.54. The molecule has 7 nitrogen and oxygen atoms in total. The van der Waals surface area contributed by atoms with Crippen LogP contribution < -0.4 is 14.8 Å². The van der Waals surface area contributed by atoms with E-state index in [4.69, 9.17) is 9.47 Å². The minimum absolute atomic E-state index is 0.0472. The zero-order valence-corrected chi connectivity index (χ0v) is 19.2. The van der Waals surface area contributed by atoms with Gasteiger partial charge >= 0.3 is 0 Å². The molecule has 0 unspecified atom stereocenters. The highest BCUT2D eigenvalue weighted by Gasteiger charge is 2.19. The predicted molar refractivity (Wildman–Crippen MR) is 125 cm³/mol. The highest BCUT2D eigenvalue weighted by molar-refractivity contribution is 5.97. The number of amides is 1. The van der Waals surface area contributed by atoms with Crippen molar-refractivity contribution in [3.63, 3.8) is 0 Å². The first kappa shape index (κ1) is 22.5. The number of imidazole rings is 1. The van der Waals surface area contributed by atoms with E-state index in [1.807, 2.05) is 41.3 Å². The Bertz CT molecular complexity index is 1010. The number of hydrogen-bond acceptors (Lipinski definition) is 5. The lowest BCUT2D eigenvalue weighted by molar-refractivity contribution is 0.0715. The van der Waals surface area contributed by atoms with Crippen molar-refractivity contribution in [2.24, 2.45) is 11.8 Å². The molecule has 0 aliphatic heterocycles. The topological polar surface area (TPSA) is 79.5 Å². The number of methoxy groups -OCH3 is 2. The first-order chi connectivity index (χ1) is 14.8. The first-order valence-electron chi connectivity index (χ1n) is 10.6. The third-order valence-corrected chi connectivity index (χ3v) is 4.80. The molecule has 2 aromatic carbocycles. The first-order valence-corrected chi connectivity index (χ1v) is 10.6. The van der Waals surface area contributed by atoms with Gasteiger partial charge in [0.2, 0.25) is 5.95 Å². The Labute approximate surface area is 183 Å². The molecule has 7 heteroatoms. The van der Waals surface area contributed by atoms with E-state index in [1.165, 1.54) is 0 Å². The fourth-order valence-corrected chi connectivity index (χ4v) is 3.52. The summed E-state index contributed by atoms with van der Waals surface area (Å²) in [4.78, 5) is 22.9. The number of H-pyrrole nitrogens is 1. The van der Waals surface area contributed by atoms with Gasteiger partial charge in [0, 0.05) is 42.5 Å². The van der Waals surface area contributed by atoms with E-state index in [1.54, 1.807) is 14.2 Å². The van der Waals surface area contributed by atoms with E-state index < -0.39 is 0 Å². The van der Waals surface area contributed by atoms with Gasteiger partial charge in [0.05, 0.1) is 25.3 Å². The Balaban J connectivity index is 1.85. The number of nitrogens with zero attached hydrogens (tertiary/aromatic N) is 2. The number of fused-ring (bicyclic) bond motifs is 1. The van der Waals surface area contributed by atoms with Crippen LogP contribution in [-0.4, -0.2) is 48.1 Å². The van der Waals surface area contributed by atoms with Crippen LogP contribution in [0.2, 0.25) is 0 Å². The molecule has 0 fully saturated rings. The largest absolute Gasteiger partial charge is 0.497 e. The summed E-state index contributed by atoms with van der Waals surface area (Å²) in [5.41, 5.74) is 3.03. The van der Waals surface area contributed by atoms with E-state index in [0.717, 1.165) is 29.8 Å². The molecule has 0 saturated heterocycles. The minimum Gasteiger partial charge on any atom is -0.497 e. The average molecular weight is 425 g/mol. The van der Waals surface area contributed by atoms with E-state index in [2.05, 4.69) is 43.0 Å². The summed E-state index contributed by atoms with van der Waals surface area (Å²) in [5.74, 6) is 2.81. The summed E-state index contributed by atoms with van der Waals surface area (Å²) >= 11 is 0. The van der Waals surface area contributed by atoms with Gasteiger partial charge in [-0.2, -0.15) is 0 Å². The minimum atomic E-state index is 0.0472. The SMILES string of the molecule is COc1cc(Nc2nc3ccc(C(=O)N(CC(C)C)CC(C)C)cc3[nH]2)cc(OC)c1. The smallest absolute Gasteiger partial charge is 0.253 e. The monoisotopic (exact) mass is 424 g/mol. The predicted octanol–water partition coefficient (Wildman–Crippen LogP) is 5.08. The van der Waals surface area contributed by atoms with E-state index in [0.29, 0.717) is 34.8 Å². The Morgan fingerprint density at radius 1 is 1.00 bits per heavy atom. The number of benzene rings is 2. The van der Waals surface area contributed by atoms with Gasteiger partial charge in [-0.1, -0.05) is 27.7 Å². The number of ether oxygens (including phenoxy) is 2. The molecule has 0 atom stereocenters. The van der Waals surface area contributed by atoms with Crippen molar-refractivity contribution in [1.82, 2.24) is 14.9 Å². The van der Waals surface area contributed by atoms with Crippen LogP contribution in [0.25, 0.3) is 11.0 Å². The highest BCUT2D eigenvalue weighted by atomic mass is 16.5. The number of carbonyl (C=O) groups excluding carboxylic acids is 1. The molecular weight excluding hydrogens is 392 g/mol. The highest BCUT2D eigenvalue weighted by Crippen LogP contribution is 2.28. The molecule has 0 radical (unpaired) electrons. The molecular formula is C24H32N4O3. The van der Waals surface area contributed by atoms with Gasteiger partial charge in [-0.15, -0.1) is 0 Å². The third kappa shape index (κ3) is 5.69. The maximum atomic E-state index is 13.1. The van der Waals surface area contributed by atoms with Crippen molar-refractivity contribution in [2.45, 2.75) is 27.7 Å². The second kappa shape index (κ2) is 9.73. The molecule has 1 heterocycles. The zero-order chi connectivity index (χ0) is 22.5. The maximum Gasteiger partial charge on any atom is 0.253 e. The second-order valence-corrected chi connectivity index (χ2v) is 8.54. The lowest BCUT2D eigenvalue weighted by Crippen LogP contribution is -2.37. The molecule has 0 spiro atoms. The Morgan fingerprint density at radius 3 is 2.16 bits per heavy atom. The third-order valence-electron chi connectivity index (χ3n) is 4.80. The summed E-state index contributed by atoms with van der Waals surface area (Å²) < 4.78 is 10.6. The van der Waals surface area contributed by atoms with Crippen LogP contribution in [0.4, 0.5) is 11.6 Å². The van der Waals surface area contributed by atoms with Gasteiger partial charge in [0.1, 0.15) is 11.5 Å². The van der Waals surface area contributed by atoms with Crippen molar-refractivity contribution in [2.75, 3.05) is 32.6 Å². The van der Waals surface area contributed by atoms with Crippen molar-refractivity contribution in [1.29, 1.82) is 0 Å². The quantitative estimate of drug-likeness (QED) is 0.501. The fourth-order valence-electron chi connectivity index (χ4n) is 3.52. The standard InChI is InChI=1S/C24H32N4O3/c1-15(2)13-28(14-16(3)4)23(29)17-7-8-21-22(9-17)27-24(26-21)25-18-10-19(30-5)12-20(11-18)31-6/h7-12,15-16H,13-14H2,1-6H3,(H2,25,26,27). The molecule has 3 aromatic rings. The van der Waals surface area contributed by atoms with Crippen LogP contribution in [0.5, 0.6) is 11.5 Å². The van der Waals surface area contributed by atoms with Gasteiger partial charge in [-0.25, -0.2) is 4.98 Å². The van der Waals surface area contributed by atoms with E-state index in [-0.39, 0.29) is 5.91 Å². The molecule has 1 amide bonds. The fraction of sp³-hybridized carbons (Fsp3) is 0.417. The molecule has 3 rings (SSSR count). The number of rotatable bonds is 9. The summed E-state index contributed by atoms with van der Waals surface area (Å²) in [6, 6.07) is 11.1. The molecule has 31 heavy (non-hydrogen) atoms. The van der Waals surface area contributed by atoms with Crippen molar-refractivity contribution in [3.05, 3.63) is 42.0 Å². The summed E-state index contributed by atoms with van der Waals surface area (Å²) in [6.45, 7) is 9.99. The van der Waals surface area contributed by atoms with Crippen LogP contribution in [0.15, 0.2) is 36.4 Å². The van der Waals surface area contributed by atoms with Gasteiger partial charge in [-0.05, 0) is 30.0 Å². The molecule has 2 N–H and O–H groups in total. The number of anilines is 2. The molecule has 0 bridgehead atoms. The van der Waals surface area contributed by atoms with Gasteiger partial charge in [0.25, 0.3) is 5.91 Å². The number of aromatic nitrogens is 2. The number of nitrogens with one attached hydrogen (secondary N) is 2. The molecule has 0 aliphatic rings.